The van der Waals surface area contributed by atoms with E-state index in [0.29, 0.717) is 24.5 Å². The van der Waals surface area contributed by atoms with Gasteiger partial charge in [-0.2, -0.15) is 0 Å². The van der Waals surface area contributed by atoms with E-state index in [1.165, 1.54) is 5.56 Å². The van der Waals surface area contributed by atoms with Crippen molar-refractivity contribution in [2.45, 2.75) is 44.7 Å². The molecular formula is C22H24BrNO3. The Labute approximate surface area is 168 Å². The van der Waals surface area contributed by atoms with E-state index >= 15 is 0 Å². The third kappa shape index (κ3) is 3.98. The second kappa shape index (κ2) is 7.93. The van der Waals surface area contributed by atoms with Crippen LogP contribution in [-0.2, 0) is 6.42 Å². The monoisotopic (exact) mass is 429 g/mol. The second-order valence-electron chi connectivity index (χ2n) is 7.32. The van der Waals surface area contributed by atoms with Crippen LogP contribution in [0.4, 0.5) is 0 Å². The minimum atomic E-state index is 0.0952. The summed E-state index contributed by atoms with van der Waals surface area (Å²) in [4.78, 5) is 15.3. The van der Waals surface area contributed by atoms with Crippen molar-refractivity contribution < 1.29 is 14.3 Å². The number of halogens is 1. The molecule has 4 nitrogen and oxygen atoms in total. The highest BCUT2D eigenvalue weighted by Crippen LogP contribution is 2.34. The number of amides is 1. The average Bonchev–Trinajstić information content (AvgIpc) is 3.07. The summed E-state index contributed by atoms with van der Waals surface area (Å²) < 4.78 is 12.3. The van der Waals surface area contributed by atoms with E-state index in [1.807, 2.05) is 18.2 Å². The molecule has 0 radical (unpaired) electrons. The van der Waals surface area contributed by atoms with Crippen molar-refractivity contribution in [2.24, 2.45) is 0 Å². The minimum absolute atomic E-state index is 0.0952. The smallest absolute Gasteiger partial charge is 0.254 e. The predicted octanol–water partition coefficient (Wildman–Crippen LogP) is 4.85. The first-order chi connectivity index (χ1) is 13.1. The van der Waals surface area contributed by atoms with Crippen molar-refractivity contribution in [3.63, 3.8) is 0 Å². The normalized spacial score (nSPS) is 21.3. The van der Waals surface area contributed by atoms with E-state index in [4.69, 9.17) is 9.47 Å². The van der Waals surface area contributed by atoms with Crippen LogP contribution >= 0.6 is 15.9 Å². The summed E-state index contributed by atoms with van der Waals surface area (Å²) in [5, 5.41) is 0. The van der Waals surface area contributed by atoms with Crippen molar-refractivity contribution in [2.75, 3.05) is 13.2 Å². The molecular weight excluding hydrogens is 406 g/mol. The number of aryl methyl sites for hydroxylation is 1. The Morgan fingerprint density at radius 1 is 1.07 bits per heavy atom. The summed E-state index contributed by atoms with van der Waals surface area (Å²) in [6.45, 7) is 3.23. The van der Waals surface area contributed by atoms with Gasteiger partial charge in [0.25, 0.3) is 5.91 Å². The summed E-state index contributed by atoms with van der Waals surface area (Å²) >= 11 is 3.48. The molecule has 1 fully saturated rings. The van der Waals surface area contributed by atoms with Gasteiger partial charge >= 0.3 is 0 Å². The number of carbonyl (C=O) groups is 1. The van der Waals surface area contributed by atoms with Gasteiger partial charge in [0.2, 0.25) is 0 Å². The number of ether oxygens (including phenoxy) is 2. The maximum absolute atomic E-state index is 13.2. The first kappa shape index (κ1) is 18.4. The molecule has 1 amide bonds. The standard InChI is InChI=1S/C22H24BrNO3/c1-15-2-9-19(10-5-16-3-7-18(23)8-4-16)24(15)22(25)17-6-11-20-21(14-17)27-13-12-26-20/h3-4,6-8,11,14-15,19H,2,5,9-10,12-13H2,1H3/t15-,19-/m1/s1. The summed E-state index contributed by atoms with van der Waals surface area (Å²) in [7, 11) is 0. The highest BCUT2D eigenvalue weighted by atomic mass is 79.9. The molecule has 2 aliphatic rings. The van der Waals surface area contributed by atoms with E-state index in [9.17, 15) is 4.79 Å². The first-order valence-electron chi connectivity index (χ1n) is 9.58. The Morgan fingerprint density at radius 3 is 2.59 bits per heavy atom. The van der Waals surface area contributed by atoms with Crippen LogP contribution in [0.2, 0.25) is 0 Å². The lowest BCUT2D eigenvalue weighted by Crippen LogP contribution is -2.40. The van der Waals surface area contributed by atoms with Gasteiger partial charge in [0, 0.05) is 22.1 Å². The van der Waals surface area contributed by atoms with Crippen LogP contribution in [0.3, 0.4) is 0 Å². The fraction of sp³-hybridized carbons (Fsp3) is 0.409. The maximum Gasteiger partial charge on any atom is 0.254 e. The molecule has 0 N–H and O–H groups in total. The molecule has 0 spiro atoms. The van der Waals surface area contributed by atoms with Gasteiger partial charge in [-0.1, -0.05) is 28.1 Å². The van der Waals surface area contributed by atoms with E-state index in [1.54, 1.807) is 0 Å². The van der Waals surface area contributed by atoms with Crippen molar-refractivity contribution in [3.8, 4) is 11.5 Å². The lowest BCUT2D eigenvalue weighted by atomic mass is 10.0. The Morgan fingerprint density at radius 2 is 1.81 bits per heavy atom. The van der Waals surface area contributed by atoms with Gasteiger partial charge in [0.15, 0.2) is 11.5 Å². The molecule has 4 rings (SSSR count). The van der Waals surface area contributed by atoms with Gasteiger partial charge in [0.1, 0.15) is 13.2 Å². The fourth-order valence-corrected chi connectivity index (χ4v) is 4.30. The van der Waals surface area contributed by atoms with Crippen LogP contribution < -0.4 is 9.47 Å². The number of likely N-dealkylation sites (tertiary alicyclic amines) is 1. The summed E-state index contributed by atoms with van der Waals surface area (Å²) in [6, 6.07) is 14.5. The zero-order chi connectivity index (χ0) is 18.8. The third-order valence-corrected chi connectivity index (χ3v) is 6.02. The Hall–Kier alpha value is -2.01. The lowest BCUT2D eigenvalue weighted by molar-refractivity contribution is 0.0671. The largest absolute Gasteiger partial charge is 0.486 e. The molecule has 0 bridgehead atoms. The Kier molecular flexibility index (Phi) is 5.39. The van der Waals surface area contributed by atoms with E-state index in [2.05, 4.69) is 52.0 Å². The van der Waals surface area contributed by atoms with Crippen LogP contribution in [0.1, 0.15) is 42.1 Å². The quantitative estimate of drug-likeness (QED) is 0.697. The molecule has 27 heavy (non-hydrogen) atoms. The van der Waals surface area contributed by atoms with Gasteiger partial charge in [-0.25, -0.2) is 0 Å². The number of benzene rings is 2. The summed E-state index contributed by atoms with van der Waals surface area (Å²) in [6.07, 6.45) is 4.09. The lowest BCUT2D eigenvalue weighted by Gasteiger charge is -2.29. The number of carbonyl (C=O) groups excluding carboxylic acids is 1. The molecule has 5 heteroatoms. The summed E-state index contributed by atoms with van der Waals surface area (Å²) in [5.74, 6) is 1.49. The molecule has 2 aliphatic heterocycles. The zero-order valence-corrected chi connectivity index (χ0v) is 17.1. The molecule has 2 atom stereocenters. The molecule has 0 saturated carbocycles. The Balaban J connectivity index is 1.48. The minimum Gasteiger partial charge on any atom is -0.486 e. The number of fused-ring (bicyclic) bond motifs is 1. The van der Waals surface area contributed by atoms with E-state index < -0.39 is 0 Å². The van der Waals surface area contributed by atoms with Crippen molar-refractivity contribution in [1.82, 2.24) is 4.90 Å². The number of hydrogen-bond acceptors (Lipinski definition) is 3. The van der Waals surface area contributed by atoms with Gasteiger partial charge < -0.3 is 14.4 Å². The van der Waals surface area contributed by atoms with Crippen LogP contribution in [0.25, 0.3) is 0 Å². The highest BCUT2D eigenvalue weighted by Gasteiger charge is 2.34. The van der Waals surface area contributed by atoms with Crippen molar-refractivity contribution >= 4 is 21.8 Å². The van der Waals surface area contributed by atoms with Crippen molar-refractivity contribution in [3.05, 3.63) is 58.1 Å². The van der Waals surface area contributed by atoms with Crippen LogP contribution in [0.5, 0.6) is 11.5 Å². The molecule has 142 valence electrons. The van der Waals surface area contributed by atoms with Gasteiger partial charge in [-0.05, 0) is 68.5 Å². The molecule has 0 aromatic heterocycles. The molecule has 0 aliphatic carbocycles. The SMILES string of the molecule is C[C@@H]1CC[C@H](CCc2ccc(Br)cc2)N1C(=O)c1ccc2c(c1)OCCO2. The number of hydrogen-bond donors (Lipinski definition) is 0. The topological polar surface area (TPSA) is 38.8 Å². The van der Waals surface area contributed by atoms with Crippen LogP contribution in [-0.4, -0.2) is 36.1 Å². The molecule has 2 aromatic carbocycles. The maximum atomic E-state index is 13.2. The zero-order valence-electron chi connectivity index (χ0n) is 15.5. The first-order valence-corrected chi connectivity index (χ1v) is 10.4. The third-order valence-electron chi connectivity index (χ3n) is 5.49. The predicted molar refractivity (Wildman–Crippen MR) is 109 cm³/mol. The second-order valence-corrected chi connectivity index (χ2v) is 8.23. The number of rotatable bonds is 4. The fourth-order valence-electron chi connectivity index (χ4n) is 4.03. The van der Waals surface area contributed by atoms with E-state index in [0.717, 1.165) is 35.9 Å². The van der Waals surface area contributed by atoms with Crippen molar-refractivity contribution in [1.29, 1.82) is 0 Å². The van der Waals surface area contributed by atoms with Crippen LogP contribution in [0.15, 0.2) is 46.9 Å². The highest BCUT2D eigenvalue weighted by molar-refractivity contribution is 9.10. The van der Waals surface area contributed by atoms with E-state index in [-0.39, 0.29) is 18.0 Å². The molecule has 0 unspecified atom stereocenters. The Bertz CT molecular complexity index is 821. The molecule has 2 heterocycles. The average molecular weight is 430 g/mol. The van der Waals surface area contributed by atoms with Gasteiger partial charge in [-0.15, -0.1) is 0 Å². The van der Waals surface area contributed by atoms with Crippen LogP contribution in [0, 0.1) is 0 Å². The van der Waals surface area contributed by atoms with Gasteiger partial charge in [0.05, 0.1) is 0 Å². The van der Waals surface area contributed by atoms with Gasteiger partial charge in [-0.3, -0.25) is 4.79 Å². The molecule has 2 aromatic rings. The summed E-state index contributed by atoms with van der Waals surface area (Å²) in [5.41, 5.74) is 1.99. The molecule has 1 saturated heterocycles. The number of nitrogens with zero attached hydrogens (tertiary/aromatic N) is 1.